The van der Waals surface area contributed by atoms with E-state index in [2.05, 4.69) is 12.2 Å². The molecule has 0 spiro atoms. The fourth-order valence-corrected chi connectivity index (χ4v) is 1.74. The molecule has 80 valence electrons. The fourth-order valence-electron chi connectivity index (χ4n) is 1.74. The number of amides is 1. The third kappa shape index (κ3) is 1.75. The zero-order valence-corrected chi connectivity index (χ0v) is 8.67. The Kier molecular flexibility index (Phi) is 2.49. The number of carbonyl (C=O) groups is 1. The Labute approximate surface area is 88.4 Å². The largest absolute Gasteiger partial charge is 0.482 e. The average Bonchev–Trinajstić information content (AvgIpc) is 2.23. The molecule has 1 aromatic rings. The second-order valence-electron chi connectivity index (χ2n) is 3.59. The van der Waals surface area contributed by atoms with Crippen LogP contribution < -0.4 is 15.8 Å². The number of hydrogen-bond acceptors (Lipinski definition) is 3. The van der Waals surface area contributed by atoms with Crippen molar-refractivity contribution in [3.05, 3.63) is 17.7 Å². The van der Waals surface area contributed by atoms with Gasteiger partial charge >= 0.3 is 0 Å². The van der Waals surface area contributed by atoms with Crippen LogP contribution in [0.2, 0.25) is 0 Å². The van der Waals surface area contributed by atoms with E-state index in [4.69, 9.17) is 10.5 Å². The minimum absolute atomic E-state index is 0.0858. The third-order valence-corrected chi connectivity index (χ3v) is 2.43. The van der Waals surface area contributed by atoms with Gasteiger partial charge in [-0.1, -0.05) is 13.3 Å². The van der Waals surface area contributed by atoms with Crippen LogP contribution in [-0.4, -0.2) is 12.5 Å². The van der Waals surface area contributed by atoms with Gasteiger partial charge in [0.15, 0.2) is 6.61 Å². The normalized spacial score (nSPS) is 14.1. The minimum Gasteiger partial charge on any atom is -0.482 e. The van der Waals surface area contributed by atoms with E-state index >= 15 is 0 Å². The molecule has 4 nitrogen and oxygen atoms in total. The predicted octanol–water partition coefficient (Wildman–Crippen LogP) is 1.55. The maximum absolute atomic E-state index is 11.2. The molecular weight excluding hydrogens is 192 g/mol. The molecule has 0 saturated heterocycles. The molecule has 1 aliphatic rings. The highest BCUT2D eigenvalue weighted by Gasteiger charge is 2.20. The number of ether oxygens (including phenoxy) is 1. The van der Waals surface area contributed by atoms with Gasteiger partial charge in [0.1, 0.15) is 5.75 Å². The molecule has 1 aromatic carbocycles. The lowest BCUT2D eigenvalue weighted by molar-refractivity contribution is -0.118. The molecule has 4 heteroatoms. The van der Waals surface area contributed by atoms with Crippen molar-refractivity contribution in [2.75, 3.05) is 17.7 Å². The van der Waals surface area contributed by atoms with Gasteiger partial charge in [0, 0.05) is 11.3 Å². The molecule has 0 aliphatic carbocycles. The van der Waals surface area contributed by atoms with E-state index in [-0.39, 0.29) is 12.5 Å². The number of benzene rings is 1. The van der Waals surface area contributed by atoms with E-state index in [9.17, 15) is 4.79 Å². The van der Waals surface area contributed by atoms with Crippen molar-refractivity contribution in [2.24, 2.45) is 0 Å². The van der Waals surface area contributed by atoms with Crippen molar-refractivity contribution in [2.45, 2.75) is 19.8 Å². The van der Waals surface area contributed by atoms with E-state index in [1.807, 2.05) is 6.07 Å². The Balaban J connectivity index is 2.47. The smallest absolute Gasteiger partial charge is 0.262 e. The van der Waals surface area contributed by atoms with Crippen LogP contribution in [0.3, 0.4) is 0 Å². The maximum Gasteiger partial charge on any atom is 0.262 e. The summed E-state index contributed by atoms with van der Waals surface area (Å²) in [6, 6.07) is 3.62. The van der Waals surface area contributed by atoms with Gasteiger partial charge in [-0.2, -0.15) is 0 Å². The number of fused-ring (bicyclic) bond motifs is 1. The van der Waals surface area contributed by atoms with Gasteiger partial charge in [0.05, 0.1) is 5.69 Å². The first kappa shape index (κ1) is 9.83. The van der Waals surface area contributed by atoms with E-state index in [1.54, 1.807) is 6.07 Å². The lowest BCUT2D eigenvalue weighted by Crippen LogP contribution is -2.26. The highest BCUT2D eigenvalue weighted by molar-refractivity contribution is 5.97. The molecule has 0 bridgehead atoms. The van der Waals surface area contributed by atoms with Crippen molar-refractivity contribution in [3.63, 3.8) is 0 Å². The summed E-state index contributed by atoms with van der Waals surface area (Å²) in [6.45, 7) is 2.16. The summed E-state index contributed by atoms with van der Waals surface area (Å²) >= 11 is 0. The molecule has 1 amide bonds. The number of nitrogen functional groups attached to an aromatic ring is 1. The first-order valence-electron chi connectivity index (χ1n) is 5.06. The number of hydrogen-bond donors (Lipinski definition) is 2. The molecule has 0 radical (unpaired) electrons. The van der Waals surface area contributed by atoms with Gasteiger partial charge in [-0.25, -0.2) is 0 Å². The topological polar surface area (TPSA) is 64.3 Å². The van der Waals surface area contributed by atoms with Gasteiger partial charge in [0.25, 0.3) is 5.91 Å². The maximum atomic E-state index is 11.2. The third-order valence-electron chi connectivity index (χ3n) is 2.43. The van der Waals surface area contributed by atoms with Crippen molar-refractivity contribution < 1.29 is 9.53 Å². The van der Waals surface area contributed by atoms with Gasteiger partial charge in [-0.05, 0) is 18.6 Å². The predicted molar refractivity (Wildman–Crippen MR) is 59.0 cm³/mol. The van der Waals surface area contributed by atoms with E-state index < -0.39 is 0 Å². The van der Waals surface area contributed by atoms with E-state index in [0.717, 1.165) is 24.1 Å². The lowest BCUT2D eigenvalue weighted by Gasteiger charge is -2.21. The van der Waals surface area contributed by atoms with Gasteiger partial charge in [-0.15, -0.1) is 0 Å². The van der Waals surface area contributed by atoms with Gasteiger partial charge < -0.3 is 15.8 Å². The SMILES string of the molecule is CCCc1c(N)ccc2c1NC(=O)CO2. The van der Waals surface area contributed by atoms with Crippen LogP contribution >= 0.6 is 0 Å². The number of nitrogens with two attached hydrogens (primary N) is 1. The minimum atomic E-state index is -0.120. The lowest BCUT2D eigenvalue weighted by atomic mass is 10.0. The Morgan fingerprint density at radius 3 is 3.07 bits per heavy atom. The number of nitrogens with one attached hydrogen (secondary N) is 1. The molecule has 0 aromatic heterocycles. The van der Waals surface area contributed by atoms with E-state index in [1.165, 1.54) is 0 Å². The molecular formula is C11H14N2O2. The summed E-state index contributed by atoms with van der Waals surface area (Å²) in [6.07, 6.45) is 1.83. The zero-order valence-electron chi connectivity index (χ0n) is 8.67. The monoisotopic (exact) mass is 206 g/mol. The average molecular weight is 206 g/mol. The molecule has 15 heavy (non-hydrogen) atoms. The summed E-state index contributed by atoms with van der Waals surface area (Å²) in [5.41, 5.74) is 8.30. The molecule has 0 saturated carbocycles. The Morgan fingerprint density at radius 2 is 2.33 bits per heavy atom. The summed E-state index contributed by atoms with van der Waals surface area (Å²) in [5.74, 6) is 0.595. The number of anilines is 2. The van der Waals surface area contributed by atoms with Crippen LogP contribution in [0.25, 0.3) is 0 Å². The summed E-state index contributed by atoms with van der Waals surface area (Å²) < 4.78 is 5.31. The fraction of sp³-hybridized carbons (Fsp3) is 0.364. The first-order chi connectivity index (χ1) is 7.22. The second kappa shape index (κ2) is 3.81. The Hall–Kier alpha value is -1.71. The molecule has 1 heterocycles. The summed E-state index contributed by atoms with van der Waals surface area (Å²) in [5, 5.41) is 2.81. The van der Waals surface area contributed by atoms with Gasteiger partial charge in [-0.3, -0.25) is 4.79 Å². The Bertz CT molecular complexity index is 402. The summed E-state index contributed by atoms with van der Waals surface area (Å²) in [4.78, 5) is 11.2. The molecule has 0 atom stereocenters. The van der Waals surface area contributed by atoms with Crippen molar-refractivity contribution in [3.8, 4) is 5.75 Å². The highest BCUT2D eigenvalue weighted by atomic mass is 16.5. The zero-order chi connectivity index (χ0) is 10.8. The molecule has 0 unspecified atom stereocenters. The van der Waals surface area contributed by atoms with Crippen LogP contribution in [0.4, 0.5) is 11.4 Å². The van der Waals surface area contributed by atoms with E-state index in [0.29, 0.717) is 11.4 Å². The van der Waals surface area contributed by atoms with Gasteiger partial charge in [0.2, 0.25) is 0 Å². The second-order valence-corrected chi connectivity index (χ2v) is 3.59. The van der Waals surface area contributed by atoms with Crippen LogP contribution in [0.5, 0.6) is 5.75 Å². The van der Waals surface area contributed by atoms with Crippen LogP contribution in [0.15, 0.2) is 12.1 Å². The number of rotatable bonds is 2. The molecule has 0 fully saturated rings. The van der Waals surface area contributed by atoms with Crippen molar-refractivity contribution in [1.82, 2.24) is 0 Å². The standard InChI is InChI=1S/C11H14N2O2/c1-2-3-7-8(12)4-5-9-11(7)13-10(14)6-15-9/h4-5H,2-3,6,12H2,1H3,(H,13,14). The van der Waals surface area contributed by atoms with Crippen molar-refractivity contribution in [1.29, 1.82) is 0 Å². The summed E-state index contributed by atoms with van der Waals surface area (Å²) in [7, 11) is 0. The number of carbonyl (C=O) groups excluding carboxylic acids is 1. The van der Waals surface area contributed by atoms with Crippen LogP contribution in [0, 0.1) is 0 Å². The van der Waals surface area contributed by atoms with Crippen LogP contribution in [0.1, 0.15) is 18.9 Å². The quantitative estimate of drug-likeness (QED) is 0.721. The highest BCUT2D eigenvalue weighted by Crippen LogP contribution is 2.35. The van der Waals surface area contributed by atoms with Crippen molar-refractivity contribution >= 4 is 17.3 Å². The van der Waals surface area contributed by atoms with Crippen LogP contribution in [-0.2, 0) is 11.2 Å². The molecule has 3 N–H and O–H groups in total. The molecule has 2 rings (SSSR count). The Morgan fingerprint density at radius 1 is 1.53 bits per heavy atom. The molecule has 1 aliphatic heterocycles. The first-order valence-corrected chi connectivity index (χ1v) is 5.06.